The first-order valence-electron chi connectivity index (χ1n) is 11.4. The van der Waals surface area contributed by atoms with Crippen LogP contribution in [-0.4, -0.2) is 29.6 Å². The number of aryl methyl sites for hydroxylation is 1. The minimum Gasteiger partial charge on any atom is -0.495 e. The Morgan fingerprint density at radius 2 is 1.86 bits per heavy atom. The normalized spacial score (nSPS) is 25.3. The highest BCUT2D eigenvalue weighted by atomic mass is 16.7. The lowest BCUT2D eigenvalue weighted by Crippen LogP contribution is -2.43. The lowest BCUT2D eigenvalue weighted by Gasteiger charge is -2.39. The van der Waals surface area contributed by atoms with Crippen molar-refractivity contribution < 1.29 is 24.1 Å². The predicted molar refractivity (Wildman–Crippen MR) is 130 cm³/mol. The summed E-state index contributed by atoms with van der Waals surface area (Å²) in [5, 5.41) is 18.3. The van der Waals surface area contributed by atoms with E-state index in [0.29, 0.717) is 36.4 Å². The fourth-order valence-electron chi connectivity index (χ4n) is 5.58. The van der Waals surface area contributed by atoms with E-state index in [1.165, 1.54) is 18.2 Å². The van der Waals surface area contributed by atoms with Crippen molar-refractivity contribution in [1.82, 2.24) is 0 Å². The number of carbonyl (C=O) groups excluding carboxylic acids is 2. The maximum Gasteiger partial charge on any atom is 0.365 e. The van der Waals surface area contributed by atoms with Gasteiger partial charge in [-0.25, -0.2) is 4.79 Å². The van der Waals surface area contributed by atoms with Crippen molar-refractivity contribution in [3.8, 4) is 5.75 Å². The van der Waals surface area contributed by atoms with Gasteiger partial charge < -0.3 is 14.9 Å². The van der Waals surface area contributed by atoms with Gasteiger partial charge in [0.1, 0.15) is 5.75 Å². The van der Waals surface area contributed by atoms with Crippen LogP contribution in [0, 0.1) is 33.3 Å². The van der Waals surface area contributed by atoms with Gasteiger partial charge in [-0.2, -0.15) is 0 Å². The molecule has 2 unspecified atom stereocenters. The van der Waals surface area contributed by atoms with Gasteiger partial charge >= 0.3 is 5.97 Å². The topological polar surface area (TPSA) is 120 Å². The highest BCUT2D eigenvalue weighted by Crippen LogP contribution is 2.71. The van der Waals surface area contributed by atoms with Crippen LogP contribution < -0.4 is 10.1 Å². The van der Waals surface area contributed by atoms with Crippen LogP contribution in [-0.2, 0) is 9.63 Å². The van der Waals surface area contributed by atoms with Crippen molar-refractivity contribution in [2.24, 2.45) is 21.4 Å². The highest BCUT2D eigenvalue weighted by molar-refractivity contribution is 6.07. The van der Waals surface area contributed by atoms with Gasteiger partial charge in [0.05, 0.1) is 34.4 Å². The fourth-order valence-corrected chi connectivity index (χ4v) is 5.58. The minimum atomic E-state index is -0.784. The average molecular weight is 480 g/mol. The van der Waals surface area contributed by atoms with Gasteiger partial charge in [-0.15, -0.1) is 0 Å². The SMILES string of the molecule is COc1ccc(C)cc1NC(=O)C12CCC(C)(C(=NOC(=O)c3cccc([N+](=O)[O-])c3)C1)C2(C)C. The number of nitrogens with one attached hydrogen (secondary N) is 1. The number of anilines is 1. The van der Waals surface area contributed by atoms with E-state index >= 15 is 0 Å². The number of ether oxygens (including phenoxy) is 1. The molecule has 1 N–H and O–H groups in total. The molecule has 0 spiro atoms. The second-order valence-electron chi connectivity index (χ2n) is 10.1. The molecule has 0 heterocycles. The number of non-ortho nitro benzene ring substituents is 1. The van der Waals surface area contributed by atoms with Gasteiger partial charge in [0, 0.05) is 24.0 Å². The van der Waals surface area contributed by atoms with Crippen LogP contribution in [0.25, 0.3) is 0 Å². The van der Waals surface area contributed by atoms with E-state index in [-0.39, 0.29) is 17.2 Å². The van der Waals surface area contributed by atoms with Crippen molar-refractivity contribution in [2.75, 3.05) is 12.4 Å². The van der Waals surface area contributed by atoms with E-state index in [1.54, 1.807) is 7.11 Å². The molecule has 2 aromatic rings. The Morgan fingerprint density at radius 1 is 1.11 bits per heavy atom. The molecule has 9 nitrogen and oxygen atoms in total. The summed E-state index contributed by atoms with van der Waals surface area (Å²) >= 11 is 0. The Bertz CT molecular complexity index is 1250. The zero-order chi connectivity index (χ0) is 25.6. The standard InChI is InChI=1S/C26H29N3O6/c1-16-9-10-20(34-5)19(13-16)27-23(31)26-12-11-25(4,24(26,2)3)21(15-26)28-35-22(30)17-7-6-8-18(14-17)29(32)33/h6-10,13-14H,11-12,15H2,1-5H3,(H,27,31). The maximum absolute atomic E-state index is 13.7. The average Bonchev–Trinajstić information content (AvgIpc) is 3.13. The summed E-state index contributed by atoms with van der Waals surface area (Å²) in [6.07, 6.45) is 1.73. The summed E-state index contributed by atoms with van der Waals surface area (Å²) in [7, 11) is 1.56. The fraction of sp³-hybridized carbons (Fsp3) is 0.423. The van der Waals surface area contributed by atoms with Crippen molar-refractivity contribution in [3.05, 3.63) is 63.7 Å². The number of carbonyl (C=O) groups is 2. The van der Waals surface area contributed by atoms with Gasteiger partial charge in [-0.1, -0.05) is 38.1 Å². The van der Waals surface area contributed by atoms with Gasteiger partial charge in [-0.05, 0) is 48.9 Å². The molecule has 35 heavy (non-hydrogen) atoms. The van der Waals surface area contributed by atoms with Crippen LogP contribution in [0.5, 0.6) is 5.75 Å². The number of benzene rings is 2. The Morgan fingerprint density at radius 3 is 2.54 bits per heavy atom. The third-order valence-corrected chi connectivity index (χ3v) is 8.30. The van der Waals surface area contributed by atoms with E-state index in [0.717, 1.165) is 11.6 Å². The Balaban J connectivity index is 1.60. The predicted octanol–water partition coefficient (Wildman–Crippen LogP) is 5.28. The molecule has 0 saturated heterocycles. The molecule has 9 heteroatoms. The summed E-state index contributed by atoms with van der Waals surface area (Å²) in [6.45, 7) is 8.10. The zero-order valence-corrected chi connectivity index (χ0v) is 20.5. The number of fused-ring (bicyclic) bond motifs is 2. The molecule has 0 radical (unpaired) electrons. The summed E-state index contributed by atoms with van der Waals surface area (Å²) in [6, 6.07) is 10.9. The van der Waals surface area contributed by atoms with Gasteiger partial charge in [0.25, 0.3) is 5.69 Å². The molecule has 1 amide bonds. The molecule has 2 atom stereocenters. The summed E-state index contributed by atoms with van der Waals surface area (Å²) in [5.74, 6) is -0.324. The quantitative estimate of drug-likeness (QED) is 0.342. The van der Waals surface area contributed by atoms with Gasteiger partial charge in [-0.3, -0.25) is 14.9 Å². The van der Waals surface area contributed by atoms with Gasteiger partial charge in [0.15, 0.2) is 0 Å². The van der Waals surface area contributed by atoms with Crippen LogP contribution >= 0.6 is 0 Å². The van der Waals surface area contributed by atoms with Crippen LogP contribution in [0.1, 0.15) is 56.0 Å². The molecule has 2 aliphatic carbocycles. The third-order valence-electron chi connectivity index (χ3n) is 8.30. The number of oxime groups is 1. The second kappa shape index (κ2) is 8.48. The third kappa shape index (κ3) is 3.75. The Kier molecular flexibility index (Phi) is 5.91. The highest BCUT2D eigenvalue weighted by Gasteiger charge is 2.71. The molecule has 0 aromatic heterocycles. The number of nitro groups is 1. The van der Waals surface area contributed by atoms with E-state index < -0.39 is 27.1 Å². The summed E-state index contributed by atoms with van der Waals surface area (Å²) in [5.41, 5.74) is 0.417. The van der Waals surface area contributed by atoms with E-state index in [1.807, 2.05) is 32.0 Å². The number of hydrogen-bond acceptors (Lipinski definition) is 7. The molecule has 0 aliphatic heterocycles. The maximum atomic E-state index is 13.7. The molecule has 2 saturated carbocycles. The second-order valence-corrected chi connectivity index (χ2v) is 10.1. The largest absolute Gasteiger partial charge is 0.495 e. The number of nitro benzene ring substituents is 1. The number of rotatable bonds is 6. The van der Waals surface area contributed by atoms with Crippen molar-refractivity contribution in [3.63, 3.8) is 0 Å². The van der Waals surface area contributed by atoms with Crippen molar-refractivity contribution in [2.45, 2.75) is 47.0 Å². The molecule has 4 rings (SSSR count). The first-order chi connectivity index (χ1) is 16.4. The summed E-state index contributed by atoms with van der Waals surface area (Å²) in [4.78, 5) is 42.0. The number of nitrogens with zero attached hydrogens (tertiary/aromatic N) is 2. The minimum absolute atomic E-state index is 0.0371. The molecule has 2 aromatic carbocycles. The Hall–Kier alpha value is -3.75. The van der Waals surface area contributed by atoms with Crippen LogP contribution in [0.4, 0.5) is 11.4 Å². The monoisotopic (exact) mass is 479 g/mol. The molecule has 184 valence electrons. The zero-order valence-electron chi connectivity index (χ0n) is 20.5. The first kappa shape index (κ1) is 24.4. The van der Waals surface area contributed by atoms with E-state index in [4.69, 9.17) is 9.57 Å². The van der Waals surface area contributed by atoms with E-state index in [2.05, 4.69) is 24.3 Å². The lowest BCUT2D eigenvalue weighted by atomic mass is 9.64. The molecule has 2 aliphatic rings. The van der Waals surface area contributed by atoms with Crippen LogP contribution in [0.2, 0.25) is 0 Å². The lowest BCUT2D eigenvalue weighted by molar-refractivity contribution is -0.384. The van der Waals surface area contributed by atoms with Crippen molar-refractivity contribution >= 4 is 29.0 Å². The summed E-state index contributed by atoms with van der Waals surface area (Å²) < 4.78 is 5.43. The smallest absolute Gasteiger partial charge is 0.365 e. The van der Waals surface area contributed by atoms with Crippen LogP contribution in [0.15, 0.2) is 47.6 Å². The van der Waals surface area contributed by atoms with Crippen molar-refractivity contribution in [1.29, 1.82) is 0 Å². The Labute approximate surface area is 203 Å². The molecule has 2 fully saturated rings. The van der Waals surface area contributed by atoms with Gasteiger partial charge in [0.2, 0.25) is 5.91 Å². The molecular weight excluding hydrogens is 450 g/mol. The first-order valence-corrected chi connectivity index (χ1v) is 11.4. The van der Waals surface area contributed by atoms with E-state index in [9.17, 15) is 19.7 Å². The molecular formula is C26H29N3O6. The molecule has 2 bridgehead atoms. The number of methoxy groups -OCH3 is 1. The number of amides is 1. The van der Waals surface area contributed by atoms with Crippen LogP contribution in [0.3, 0.4) is 0 Å². The number of hydrogen-bond donors (Lipinski definition) is 1.